The van der Waals surface area contributed by atoms with Crippen molar-refractivity contribution in [1.82, 2.24) is 5.32 Å². The highest BCUT2D eigenvalue weighted by Crippen LogP contribution is 2.33. The predicted molar refractivity (Wildman–Crippen MR) is 96.3 cm³/mol. The molecule has 2 N–H and O–H groups in total. The van der Waals surface area contributed by atoms with Crippen molar-refractivity contribution < 1.29 is 19.1 Å². The summed E-state index contributed by atoms with van der Waals surface area (Å²) < 4.78 is 13.3. The van der Waals surface area contributed by atoms with E-state index in [-0.39, 0.29) is 17.6 Å². The molecule has 2 aromatic carbocycles. The number of halogens is 2. The van der Waals surface area contributed by atoms with Gasteiger partial charge in [0.05, 0.1) is 12.0 Å². The molecule has 2 aromatic rings. The topological polar surface area (TPSA) is 66.4 Å². The maximum Gasteiger partial charge on any atom is 0.306 e. The Balaban J connectivity index is 1.85. The van der Waals surface area contributed by atoms with Crippen molar-refractivity contribution in [2.24, 2.45) is 11.8 Å². The molecule has 0 spiro atoms. The van der Waals surface area contributed by atoms with Gasteiger partial charge in [0, 0.05) is 10.9 Å². The van der Waals surface area contributed by atoms with Crippen LogP contribution in [-0.4, -0.2) is 17.0 Å². The molecule has 26 heavy (non-hydrogen) atoms. The number of hydrogen-bond acceptors (Lipinski definition) is 2. The van der Waals surface area contributed by atoms with Gasteiger partial charge in [-0.1, -0.05) is 41.9 Å². The van der Waals surface area contributed by atoms with Crippen molar-refractivity contribution in [3.05, 3.63) is 70.5 Å². The molecule has 3 rings (SSSR count). The Labute approximate surface area is 156 Å². The number of carboxylic acid groups (broad SMARTS) is 1. The number of aliphatic carboxylic acids is 1. The first-order valence-electron chi connectivity index (χ1n) is 8.48. The van der Waals surface area contributed by atoms with Crippen LogP contribution >= 0.6 is 11.6 Å². The van der Waals surface area contributed by atoms with Crippen LogP contribution in [0, 0.1) is 17.7 Å². The van der Waals surface area contributed by atoms with Gasteiger partial charge in [0.15, 0.2) is 0 Å². The van der Waals surface area contributed by atoms with Crippen LogP contribution < -0.4 is 5.32 Å². The van der Waals surface area contributed by atoms with Crippen LogP contribution in [-0.2, 0) is 9.59 Å². The van der Waals surface area contributed by atoms with E-state index in [2.05, 4.69) is 5.32 Å². The summed E-state index contributed by atoms with van der Waals surface area (Å²) in [5.41, 5.74) is 1.42. The van der Waals surface area contributed by atoms with Crippen molar-refractivity contribution in [3.63, 3.8) is 0 Å². The second kappa shape index (κ2) is 7.87. The highest BCUT2D eigenvalue weighted by Gasteiger charge is 2.35. The van der Waals surface area contributed by atoms with Crippen LogP contribution in [0.3, 0.4) is 0 Å². The molecule has 136 valence electrons. The number of hydrogen-bond donors (Lipinski definition) is 2. The minimum atomic E-state index is -0.860. The summed E-state index contributed by atoms with van der Waals surface area (Å²) in [4.78, 5) is 23.9. The zero-order valence-corrected chi connectivity index (χ0v) is 14.7. The number of nitrogens with one attached hydrogen (secondary N) is 1. The Hall–Kier alpha value is -2.40. The van der Waals surface area contributed by atoms with Crippen molar-refractivity contribution in [2.75, 3.05) is 0 Å². The van der Waals surface area contributed by atoms with Gasteiger partial charge in [0.25, 0.3) is 0 Å². The molecule has 1 saturated carbocycles. The van der Waals surface area contributed by atoms with Crippen LogP contribution in [0.4, 0.5) is 4.39 Å². The van der Waals surface area contributed by atoms with Crippen LogP contribution in [0.1, 0.15) is 36.4 Å². The summed E-state index contributed by atoms with van der Waals surface area (Å²) in [7, 11) is 0. The van der Waals surface area contributed by atoms with E-state index >= 15 is 0 Å². The number of benzene rings is 2. The second-order valence-corrected chi connectivity index (χ2v) is 6.97. The monoisotopic (exact) mass is 375 g/mol. The summed E-state index contributed by atoms with van der Waals surface area (Å²) in [5, 5.41) is 12.6. The molecule has 0 aliphatic heterocycles. The third kappa shape index (κ3) is 4.05. The van der Waals surface area contributed by atoms with Gasteiger partial charge in [-0.05, 0) is 48.6 Å². The molecule has 4 nitrogen and oxygen atoms in total. The highest BCUT2D eigenvalue weighted by molar-refractivity contribution is 6.31. The quantitative estimate of drug-likeness (QED) is 0.823. The van der Waals surface area contributed by atoms with Gasteiger partial charge in [-0.3, -0.25) is 9.59 Å². The number of amides is 1. The minimum absolute atomic E-state index is 0.206. The average molecular weight is 376 g/mol. The maximum absolute atomic E-state index is 13.3. The molecule has 6 heteroatoms. The molecule has 0 bridgehead atoms. The molecule has 0 aromatic heterocycles. The lowest BCUT2D eigenvalue weighted by Crippen LogP contribution is -2.34. The Bertz CT molecular complexity index is 809. The Morgan fingerprint density at radius 1 is 1.08 bits per heavy atom. The fourth-order valence-corrected chi connectivity index (χ4v) is 3.65. The zero-order valence-electron chi connectivity index (χ0n) is 14.0. The molecule has 1 aliphatic carbocycles. The van der Waals surface area contributed by atoms with Gasteiger partial charge >= 0.3 is 5.97 Å². The third-order valence-corrected chi connectivity index (χ3v) is 5.20. The number of carboxylic acids is 1. The second-order valence-electron chi connectivity index (χ2n) is 6.56. The van der Waals surface area contributed by atoms with E-state index in [1.54, 1.807) is 24.3 Å². The van der Waals surface area contributed by atoms with Crippen molar-refractivity contribution in [3.8, 4) is 0 Å². The summed E-state index contributed by atoms with van der Waals surface area (Å²) in [5.74, 6) is -2.25. The van der Waals surface area contributed by atoms with Crippen LogP contribution in [0.2, 0.25) is 5.02 Å². The lowest BCUT2D eigenvalue weighted by atomic mass is 9.96. The molecule has 0 radical (unpaired) electrons. The summed E-state index contributed by atoms with van der Waals surface area (Å²) in [6.45, 7) is 0. The summed E-state index contributed by atoms with van der Waals surface area (Å²) in [6, 6.07) is 12.5. The maximum atomic E-state index is 13.3. The van der Waals surface area contributed by atoms with Crippen LogP contribution in [0.5, 0.6) is 0 Å². The average Bonchev–Trinajstić information content (AvgIpc) is 3.12. The molecule has 1 amide bonds. The Morgan fingerprint density at radius 2 is 1.73 bits per heavy atom. The standard InChI is InChI=1S/C20H19ClFNO3/c21-17-4-2-1-3-16(17)18(12-7-9-15(22)10-8-12)23-19(24)13-5-6-14(11-13)20(25)26/h1-4,7-10,13-14,18H,5-6,11H2,(H,23,24)(H,25,26)/t13-,14+,18?/m0/s1. The van der Waals surface area contributed by atoms with Crippen molar-refractivity contribution in [1.29, 1.82) is 0 Å². The first-order chi connectivity index (χ1) is 12.5. The van der Waals surface area contributed by atoms with Gasteiger partial charge in [0.1, 0.15) is 5.82 Å². The van der Waals surface area contributed by atoms with Crippen molar-refractivity contribution in [2.45, 2.75) is 25.3 Å². The minimum Gasteiger partial charge on any atom is -0.481 e. The van der Waals surface area contributed by atoms with E-state index < -0.39 is 17.9 Å². The number of carbonyl (C=O) groups excluding carboxylic acids is 1. The smallest absolute Gasteiger partial charge is 0.306 e. The number of carbonyl (C=O) groups is 2. The van der Waals surface area contributed by atoms with E-state index in [0.29, 0.717) is 35.4 Å². The molecule has 0 heterocycles. The molecule has 0 saturated heterocycles. The molecule has 1 unspecified atom stereocenters. The SMILES string of the molecule is O=C(O)[C@@H]1CC[C@H](C(=O)NC(c2ccc(F)cc2)c2ccccc2Cl)C1. The first-order valence-corrected chi connectivity index (χ1v) is 8.86. The van der Waals surface area contributed by atoms with E-state index in [1.165, 1.54) is 12.1 Å². The lowest BCUT2D eigenvalue weighted by molar-refractivity contribution is -0.141. The Kier molecular flexibility index (Phi) is 5.57. The van der Waals surface area contributed by atoms with E-state index in [1.807, 2.05) is 12.1 Å². The molecular formula is C20H19ClFNO3. The molecule has 1 fully saturated rings. The van der Waals surface area contributed by atoms with Crippen LogP contribution in [0.15, 0.2) is 48.5 Å². The van der Waals surface area contributed by atoms with Gasteiger partial charge < -0.3 is 10.4 Å². The predicted octanol–water partition coefficient (Wildman–Crippen LogP) is 4.19. The molecule has 3 atom stereocenters. The lowest BCUT2D eigenvalue weighted by Gasteiger charge is -2.23. The third-order valence-electron chi connectivity index (χ3n) is 4.86. The summed E-state index contributed by atoms with van der Waals surface area (Å²) >= 11 is 6.30. The van der Waals surface area contributed by atoms with E-state index in [9.17, 15) is 14.0 Å². The Morgan fingerprint density at radius 3 is 2.35 bits per heavy atom. The van der Waals surface area contributed by atoms with Gasteiger partial charge in [-0.15, -0.1) is 0 Å². The van der Waals surface area contributed by atoms with Gasteiger partial charge in [-0.2, -0.15) is 0 Å². The van der Waals surface area contributed by atoms with Crippen molar-refractivity contribution >= 4 is 23.5 Å². The first kappa shape index (κ1) is 18.4. The fourth-order valence-electron chi connectivity index (χ4n) is 3.41. The van der Waals surface area contributed by atoms with Crippen LogP contribution in [0.25, 0.3) is 0 Å². The summed E-state index contributed by atoms with van der Waals surface area (Å²) in [6.07, 6.45) is 1.38. The number of rotatable bonds is 5. The molecule has 1 aliphatic rings. The molecular weight excluding hydrogens is 357 g/mol. The highest BCUT2D eigenvalue weighted by atomic mass is 35.5. The zero-order chi connectivity index (χ0) is 18.7. The normalized spacial score (nSPS) is 20.5. The van der Waals surface area contributed by atoms with E-state index in [4.69, 9.17) is 16.7 Å². The van der Waals surface area contributed by atoms with Gasteiger partial charge in [-0.25, -0.2) is 4.39 Å². The fraction of sp³-hybridized carbons (Fsp3) is 0.300. The largest absolute Gasteiger partial charge is 0.481 e. The van der Waals surface area contributed by atoms with Gasteiger partial charge in [0.2, 0.25) is 5.91 Å². The van der Waals surface area contributed by atoms with E-state index in [0.717, 1.165) is 0 Å².